The molecule has 4 heteroatoms. The number of terminal acetylenes is 1. The Balaban J connectivity index is 2.24. The highest BCUT2D eigenvalue weighted by atomic mass is 32.1. The number of aromatic nitrogens is 2. The van der Waals surface area contributed by atoms with Gasteiger partial charge >= 0.3 is 0 Å². The van der Waals surface area contributed by atoms with Crippen LogP contribution in [0.3, 0.4) is 0 Å². The lowest BCUT2D eigenvalue weighted by Crippen LogP contribution is -2.01. The molecule has 2 aromatic heterocycles. The molecular weight excluding hydrogens is 206 g/mol. The predicted octanol–water partition coefficient (Wildman–Crippen LogP) is 2.25. The number of anilines is 1. The summed E-state index contributed by atoms with van der Waals surface area (Å²) in [6.07, 6.45) is 6.69. The third kappa shape index (κ3) is 2.33. The molecule has 0 atom stereocenters. The van der Waals surface area contributed by atoms with E-state index in [0.29, 0.717) is 6.54 Å². The van der Waals surface area contributed by atoms with Gasteiger partial charge in [0.1, 0.15) is 12.1 Å². The summed E-state index contributed by atoms with van der Waals surface area (Å²) in [6, 6.07) is 3.91. The fourth-order valence-corrected chi connectivity index (χ4v) is 1.81. The molecule has 0 aliphatic carbocycles. The second-order valence-electron chi connectivity index (χ2n) is 2.86. The molecule has 0 aliphatic heterocycles. The molecule has 0 aliphatic rings. The molecule has 2 heterocycles. The maximum Gasteiger partial charge on any atom is 0.130 e. The van der Waals surface area contributed by atoms with E-state index < -0.39 is 0 Å². The summed E-state index contributed by atoms with van der Waals surface area (Å²) in [5, 5.41) is 7.08. The topological polar surface area (TPSA) is 37.8 Å². The minimum atomic E-state index is 0.472. The third-order valence-corrected chi connectivity index (χ3v) is 2.54. The number of nitrogens with zero attached hydrogens (tertiary/aromatic N) is 2. The Morgan fingerprint density at radius 1 is 1.47 bits per heavy atom. The maximum absolute atomic E-state index is 5.15. The monoisotopic (exact) mass is 215 g/mol. The Bertz CT molecular complexity index is 471. The van der Waals surface area contributed by atoms with Gasteiger partial charge in [0.05, 0.1) is 12.2 Å². The van der Waals surface area contributed by atoms with Crippen molar-refractivity contribution in [2.24, 2.45) is 0 Å². The third-order valence-electron chi connectivity index (χ3n) is 1.86. The van der Waals surface area contributed by atoms with Crippen molar-refractivity contribution in [3.63, 3.8) is 0 Å². The summed E-state index contributed by atoms with van der Waals surface area (Å²) in [6.45, 7) is 0.472. The number of hydrogen-bond acceptors (Lipinski definition) is 4. The smallest absolute Gasteiger partial charge is 0.130 e. The molecule has 15 heavy (non-hydrogen) atoms. The first-order chi connectivity index (χ1) is 7.40. The fraction of sp³-hybridized carbons (Fsp3) is 0.0909. The van der Waals surface area contributed by atoms with E-state index in [1.807, 2.05) is 22.9 Å². The van der Waals surface area contributed by atoms with E-state index in [4.69, 9.17) is 6.42 Å². The molecule has 0 radical (unpaired) electrons. The minimum Gasteiger partial charge on any atom is -0.359 e. The second-order valence-corrected chi connectivity index (χ2v) is 3.64. The predicted molar refractivity (Wildman–Crippen MR) is 62.7 cm³/mol. The van der Waals surface area contributed by atoms with Gasteiger partial charge < -0.3 is 5.32 Å². The molecule has 3 nitrogen and oxygen atoms in total. The van der Waals surface area contributed by atoms with Crippen molar-refractivity contribution in [2.75, 3.05) is 11.9 Å². The van der Waals surface area contributed by atoms with Crippen molar-refractivity contribution < 1.29 is 0 Å². The van der Waals surface area contributed by atoms with E-state index in [0.717, 1.165) is 17.1 Å². The average molecular weight is 215 g/mol. The van der Waals surface area contributed by atoms with E-state index >= 15 is 0 Å². The summed E-state index contributed by atoms with van der Waals surface area (Å²) in [5.74, 6) is 3.25. The fourth-order valence-electron chi connectivity index (χ4n) is 1.16. The molecule has 74 valence electrons. The highest BCUT2D eigenvalue weighted by Crippen LogP contribution is 2.20. The lowest BCUT2D eigenvalue weighted by atomic mass is 10.2. The van der Waals surface area contributed by atoms with Crippen LogP contribution in [0, 0.1) is 12.3 Å². The Labute approximate surface area is 92.2 Å². The summed E-state index contributed by atoms with van der Waals surface area (Å²) in [4.78, 5) is 8.27. The normalized spacial score (nSPS) is 9.53. The van der Waals surface area contributed by atoms with Crippen molar-refractivity contribution in [2.45, 2.75) is 0 Å². The van der Waals surface area contributed by atoms with Crippen LogP contribution in [0.4, 0.5) is 5.82 Å². The quantitative estimate of drug-likeness (QED) is 0.798. The number of nitrogens with one attached hydrogen (secondary N) is 1. The Morgan fingerprint density at radius 3 is 3.13 bits per heavy atom. The van der Waals surface area contributed by atoms with Gasteiger partial charge in [0.15, 0.2) is 0 Å². The van der Waals surface area contributed by atoms with Crippen LogP contribution >= 0.6 is 11.3 Å². The zero-order valence-electron chi connectivity index (χ0n) is 7.97. The first kappa shape index (κ1) is 9.69. The lowest BCUT2D eigenvalue weighted by molar-refractivity contribution is 1.15. The van der Waals surface area contributed by atoms with Crippen molar-refractivity contribution in [3.8, 4) is 23.6 Å². The van der Waals surface area contributed by atoms with Gasteiger partial charge in [-0.05, 0) is 11.4 Å². The lowest BCUT2D eigenvalue weighted by Gasteiger charge is -2.02. The number of rotatable bonds is 3. The van der Waals surface area contributed by atoms with Crippen LogP contribution in [0.5, 0.6) is 0 Å². The maximum atomic E-state index is 5.15. The van der Waals surface area contributed by atoms with Gasteiger partial charge in [0.2, 0.25) is 0 Å². The standard InChI is InChI=1S/C11H9N3S/c1-2-4-12-11-6-10(13-8-14-11)9-3-5-15-7-9/h1,3,5-8H,4H2,(H,12,13,14). The average Bonchev–Trinajstić information content (AvgIpc) is 2.80. The van der Waals surface area contributed by atoms with E-state index in [1.165, 1.54) is 6.33 Å². The van der Waals surface area contributed by atoms with Gasteiger partial charge in [-0.3, -0.25) is 0 Å². The van der Waals surface area contributed by atoms with Crippen LogP contribution in [0.1, 0.15) is 0 Å². The molecule has 0 amide bonds. The first-order valence-corrected chi connectivity index (χ1v) is 5.36. The van der Waals surface area contributed by atoms with Crippen LogP contribution in [0.25, 0.3) is 11.3 Å². The van der Waals surface area contributed by atoms with Crippen LogP contribution in [-0.2, 0) is 0 Å². The molecule has 0 aromatic carbocycles. The molecule has 0 saturated carbocycles. The minimum absolute atomic E-state index is 0.472. The second kappa shape index (κ2) is 4.58. The van der Waals surface area contributed by atoms with E-state index in [-0.39, 0.29) is 0 Å². The van der Waals surface area contributed by atoms with Gasteiger partial charge in [-0.2, -0.15) is 11.3 Å². The zero-order chi connectivity index (χ0) is 10.5. The summed E-state index contributed by atoms with van der Waals surface area (Å²) >= 11 is 1.64. The molecule has 0 unspecified atom stereocenters. The molecule has 2 aromatic rings. The van der Waals surface area contributed by atoms with Crippen molar-refractivity contribution in [3.05, 3.63) is 29.2 Å². The highest BCUT2D eigenvalue weighted by Gasteiger charge is 2.01. The van der Waals surface area contributed by atoms with Gasteiger partial charge in [-0.25, -0.2) is 9.97 Å². The molecular formula is C11H9N3S. The number of hydrogen-bond donors (Lipinski definition) is 1. The van der Waals surface area contributed by atoms with E-state index in [1.54, 1.807) is 11.3 Å². The van der Waals surface area contributed by atoms with Crippen LogP contribution in [-0.4, -0.2) is 16.5 Å². The molecule has 0 spiro atoms. The number of thiophene rings is 1. The van der Waals surface area contributed by atoms with Gasteiger partial charge in [0.25, 0.3) is 0 Å². The van der Waals surface area contributed by atoms with E-state index in [2.05, 4.69) is 21.2 Å². The Kier molecular flexibility index (Phi) is 2.96. The van der Waals surface area contributed by atoms with Crippen LogP contribution < -0.4 is 5.32 Å². The molecule has 0 saturated heterocycles. The molecule has 0 bridgehead atoms. The molecule has 1 N–H and O–H groups in total. The SMILES string of the molecule is C#CCNc1cc(-c2ccsc2)ncn1. The van der Waals surface area contributed by atoms with Gasteiger partial charge in [-0.15, -0.1) is 6.42 Å². The first-order valence-electron chi connectivity index (χ1n) is 4.42. The van der Waals surface area contributed by atoms with E-state index in [9.17, 15) is 0 Å². The summed E-state index contributed by atoms with van der Waals surface area (Å²) < 4.78 is 0. The Hall–Kier alpha value is -1.86. The summed E-state index contributed by atoms with van der Waals surface area (Å²) in [7, 11) is 0. The molecule has 2 rings (SSSR count). The van der Waals surface area contributed by atoms with Crippen molar-refractivity contribution in [1.29, 1.82) is 0 Å². The van der Waals surface area contributed by atoms with Crippen LogP contribution in [0.15, 0.2) is 29.2 Å². The van der Waals surface area contributed by atoms with Gasteiger partial charge in [0, 0.05) is 17.0 Å². The van der Waals surface area contributed by atoms with Crippen molar-refractivity contribution >= 4 is 17.2 Å². The van der Waals surface area contributed by atoms with Gasteiger partial charge in [-0.1, -0.05) is 5.92 Å². The summed E-state index contributed by atoms with van der Waals surface area (Å²) in [5.41, 5.74) is 2.01. The zero-order valence-corrected chi connectivity index (χ0v) is 8.79. The largest absolute Gasteiger partial charge is 0.359 e. The highest BCUT2D eigenvalue weighted by molar-refractivity contribution is 7.08. The molecule has 0 fully saturated rings. The Morgan fingerprint density at radius 2 is 2.40 bits per heavy atom. The van der Waals surface area contributed by atoms with Crippen LogP contribution in [0.2, 0.25) is 0 Å². The van der Waals surface area contributed by atoms with Crippen molar-refractivity contribution in [1.82, 2.24) is 9.97 Å².